The number of nitrogens with zero attached hydrogens (tertiary/aromatic N) is 2. The SMILES string of the molecule is C[C@@H]1[C@@H](C)C/C=C\[C@H](OCC(=O)N(C)C)[C@@H]2CC[C@H]2CN2C[C@@]3(CCCc4cc(Cl)ccc43)COc3ccc(cc32)C(=O)NS1(=O)=O. The normalized spacial score (nSPS) is 30.9. The second-order valence-electron chi connectivity index (χ2n) is 14.2. The Kier molecular flexibility index (Phi) is 9.67. The fourth-order valence-corrected chi connectivity index (χ4v) is 9.10. The van der Waals surface area contributed by atoms with Crippen LogP contribution in [0.15, 0.2) is 48.6 Å². The number of halogens is 1. The van der Waals surface area contributed by atoms with E-state index in [9.17, 15) is 18.0 Å². The predicted molar refractivity (Wildman–Crippen MR) is 184 cm³/mol. The molecule has 2 bridgehead atoms. The van der Waals surface area contributed by atoms with Crippen LogP contribution in [0.2, 0.25) is 5.02 Å². The van der Waals surface area contributed by atoms with Crippen LogP contribution in [0.3, 0.4) is 0 Å². The molecule has 2 heterocycles. The standard InChI is InChI=1S/C36H46ClN3O6S/c1-23-7-5-9-32(45-20-34(41)39(3)4)29-13-10-27(29)19-40-21-36(16-6-8-25-17-28(37)12-14-30(25)36)22-46-33-15-11-26(18-31(33)40)35(42)38-47(43,44)24(23)2/h5,9,11-12,14-15,17-18,23-24,27,29,32H,6-8,10,13,16,19-22H2,1-4H3,(H,38,42)/b9-5-/t23-,24+,27-,29+,32-,36-/m0/s1. The number of anilines is 1. The van der Waals surface area contributed by atoms with E-state index in [-0.39, 0.29) is 47.4 Å². The largest absolute Gasteiger partial charge is 0.490 e. The molecule has 1 spiro atoms. The van der Waals surface area contributed by atoms with Gasteiger partial charge in [0.2, 0.25) is 15.9 Å². The van der Waals surface area contributed by atoms with Crippen molar-refractivity contribution in [2.45, 2.75) is 69.1 Å². The van der Waals surface area contributed by atoms with Crippen molar-refractivity contribution in [1.29, 1.82) is 0 Å². The highest BCUT2D eigenvalue weighted by atomic mass is 35.5. The number of allylic oxidation sites excluding steroid dienone is 1. The number of fused-ring (bicyclic) bond motifs is 4. The molecule has 0 unspecified atom stereocenters. The van der Waals surface area contributed by atoms with Gasteiger partial charge in [0.25, 0.3) is 5.91 Å². The number of carbonyl (C=O) groups is 2. The first kappa shape index (κ1) is 33.8. The van der Waals surface area contributed by atoms with Crippen molar-refractivity contribution in [3.05, 3.63) is 70.3 Å². The lowest BCUT2D eigenvalue weighted by molar-refractivity contribution is -0.137. The molecule has 0 radical (unpaired) electrons. The van der Waals surface area contributed by atoms with Gasteiger partial charge in [-0.1, -0.05) is 36.7 Å². The molecule has 11 heteroatoms. The Balaban J connectivity index is 1.41. The summed E-state index contributed by atoms with van der Waals surface area (Å²) in [6.07, 6.45) is 9.08. The minimum atomic E-state index is -3.96. The van der Waals surface area contributed by atoms with E-state index in [2.05, 4.69) is 21.8 Å². The number of likely N-dealkylation sites (N-methyl/N-ethyl adjacent to an activating group) is 1. The van der Waals surface area contributed by atoms with E-state index in [0.29, 0.717) is 31.9 Å². The van der Waals surface area contributed by atoms with Gasteiger partial charge in [0.1, 0.15) is 12.4 Å². The fourth-order valence-electron chi connectivity index (χ4n) is 7.62. The molecule has 2 aliphatic heterocycles. The third-order valence-electron chi connectivity index (χ3n) is 10.9. The molecule has 2 aromatic carbocycles. The average molecular weight is 684 g/mol. The second-order valence-corrected chi connectivity index (χ2v) is 16.6. The molecular weight excluding hydrogens is 638 g/mol. The maximum Gasteiger partial charge on any atom is 0.264 e. The van der Waals surface area contributed by atoms with E-state index in [4.69, 9.17) is 21.1 Å². The summed E-state index contributed by atoms with van der Waals surface area (Å²) in [7, 11) is -0.525. The summed E-state index contributed by atoms with van der Waals surface area (Å²) in [5, 5.41) is -0.0855. The molecule has 2 aromatic rings. The minimum absolute atomic E-state index is 0.0240. The Morgan fingerprint density at radius 3 is 2.72 bits per heavy atom. The van der Waals surface area contributed by atoms with Crippen molar-refractivity contribution >= 4 is 39.1 Å². The number of benzene rings is 2. The smallest absolute Gasteiger partial charge is 0.264 e. The van der Waals surface area contributed by atoms with Crippen molar-refractivity contribution < 1.29 is 27.5 Å². The molecule has 9 nitrogen and oxygen atoms in total. The Morgan fingerprint density at radius 1 is 1.17 bits per heavy atom. The van der Waals surface area contributed by atoms with Crippen LogP contribution in [0.4, 0.5) is 5.69 Å². The van der Waals surface area contributed by atoms with E-state index in [1.165, 1.54) is 16.0 Å². The molecule has 1 N–H and O–H groups in total. The molecule has 2 aliphatic carbocycles. The van der Waals surface area contributed by atoms with E-state index in [1.807, 2.05) is 25.1 Å². The zero-order valence-corrected chi connectivity index (χ0v) is 29.3. The number of hydrogen-bond acceptors (Lipinski definition) is 7. The molecule has 0 aromatic heterocycles. The highest BCUT2D eigenvalue weighted by Crippen LogP contribution is 2.47. The van der Waals surface area contributed by atoms with Gasteiger partial charge in [-0.2, -0.15) is 0 Å². The highest BCUT2D eigenvalue weighted by molar-refractivity contribution is 7.90. The molecular formula is C36H46ClN3O6S. The van der Waals surface area contributed by atoms with Gasteiger partial charge >= 0.3 is 0 Å². The molecule has 4 aliphatic rings. The molecule has 6 atom stereocenters. The lowest BCUT2D eigenvalue weighted by Gasteiger charge is -2.46. The molecule has 2 amide bonds. The summed E-state index contributed by atoms with van der Waals surface area (Å²) >= 11 is 6.43. The number of aryl methyl sites for hydroxylation is 1. The van der Waals surface area contributed by atoms with E-state index >= 15 is 0 Å². The Morgan fingerprint density at radius 2 is 1.98 bits per heavy atom. The summed E-state index contributed by atoms with van der Waals surface area (Å²) in [6.45, 7) is 5.34. The van der Waals surface area contributed by atoms with Crippen molar-refractivity contribution in [2.75, 3.05) is 45.3 Å². The van der Waals surface area contributed by atoms with Gasteiger partial charge in [-0.3, -0.25) is 9.59 Å². The number of amides is 2. The van der Waals surface area contributed by atoms with Crippen molar-refractivity contribution in [3.63, 3.8) is 0 Å². The van der Waals surface area contributed by atoms with Gasteiger partial charge in [-0.15, -0.1) is 0 Å². The first-order chi connectivity index (χ1) is 22.4. The Hall–Kier alpha value is -3.08. The summed E-state index contributed by atoms with van der Waals surface area (Å²) in [6, 6.07) is 11.4. The molecule has 0 saturated heterocycles. The van der Waals surface area contributed by atoms with Gasteiger partial charge in [0.15, 0.2) is 0 Å². The second kappa shape index (κ2) is 13.4. The Bertz CT molecular complexity index is 1660. The number of hydrogen-bond donors (Lipinski definition) is 1. The van der Waals surface area contributed by atoms with Gasteiger partial charge in [0, 0.05) is 43.2 Å². The van der Waals surface area contributed by atoms with Crippen LogP contribution in [0.25, 0.3) is 0 Å². The van der Waals surface area contributed by atoms with Crippen LogP contribution in [0.1, 0.15) is 67.4 Å². The number of carbonyl (C=O) groups excluding carboxylic acids is 2. The minimum Gasteiger partial charge on any atom is -0.490 e. The van der Waals surface area contributed by atoms with Gasteiger partial charge in [-0.05, 0) is 105 Å². The first-order valence-corrected chi connectivity index (χ1v) is 18.6. The van der Waals surface area contributed by atoms with Crippen LogP contribution in [0.5, 0.6) is 5.75 Å². The molecule has 254 valence electrons. The van der Waals surface area contributed by atoms with Crippen LogP contribution in [0, 0.1) is 17.8 Å². The summed E-state index contributed by atoms with van der Waals surface area (Å²) in [4.78, 5) is 29.9. The van der Waals surface area contributed by atoms with Crippen molar-refractivity contribution in [2.24, 2.45) is 17.8 Å². The average Bonchev–Trinajstić information content (AvgIpc) is 3.17. The summed E-state index contributed by atoms with van der Waals surface area (Å²) in [5.41, 5.74) is 3.25. The third kappa shape index (κ3) is 6.92. The maximum atomic E-state index is 13.5. The number of ether oxygens (including phenoxy) is 2. The van der Waals surface area contributed by atoms with Gasteiger partial charge in [-0.25, -0.2) is 13.1 Å². The van der Waals surface area contributed by atoms with E-state index < -0.39 is 21.2 Å². The fraction of sp³-hybridized carbons (Fsp3) is 0.556. The zero-order valence-electron chi connectivity index (χ0n) is 27.7. The Labute approximate surface area is 283 Å². The highest BCUT2D eigenvalue weighted by Gasteiger charge is 2.44. The topological polar surface area (TPSA) is 105 Å². The number of nitrogens with one attached hydrogen (secondary N) is 1. The van der Waals surface area contributed by atoms with Crippen LogP contribution < -0.4 is 14.4 Å². The third-order valence-corrected chi connectivity index (χ3v) is 13.1. The van der Waals surface area contributed by atoms with Crippen LogP contribution >= 0.6 is 11.6 Å². The maximum absolute atomic E-state index is 13.5. The molecule has 1 fully saturated rings. The quantitative estimate of drug-likeness (QED) is 0.435. The lowest BCUT2D eigenvalue weighted by Crippen LogP contribution is -2.50. The number of rotatable bonds is 3. The summed E-state index contributed by atoms with van der Waals surface area (Å²) in [5.74, 6) is 0.119. The lowest BCUT2D eigenvalue weighted by atomic mass is 9.68. The van der Waals surface area contributed by atoms with E-state index in [1.54, 1.807) is 39.2 Å². The van der Waals surface area contributed by atoms with Crippen LogP contribution in [-0.4, -0.2) is 76.9 Å². The summed E-state index contributed by atoms with van der Waals surface area (Å²) < 4.78 is 41.9. The molecule has 6 rings (SSSR count). The molecule has 1 saturated carbocycles. The first-order valence-electron chi connectivity index (χ1n) is 16.7. The molecule has 47 heavy (non-hydrogen) atoms. The monoisotopic (exact) mass is 683 g/mol. The van der Waals surface area contributed by atoms with E-state index in [0.717, 1.165) is 42.8 Å². The van der Waals surface area contributed by atoms with Gasteiger partial charge < -0.3 is 19.3 Å². The predicted octanol–water partition coefficient (Wildman–Crippen LogP) is 5.36. The van der Waals surface area contributed by atoms with Crippen molar-refractivity contribution in [3.8, 4) is 5.75 Å². The van der Waals surface area contributed by atoms with Gasteiger partial charge in [0.05, 0.1) is 23.6 Å². The number of sulfonamides is 1. The van der Waals surface area contributed by atoms with Crippen LogP contribution in [-0.2, 0) is 31.4 Å². The zero-order chi connectivity index (χ0) is 33.5. The van der Waals surface area contributed by atoms with Crippen molar-refractivity contribution in [1.82, 2.24) is 9.62 Å².